The van der Waals surface area contributed by atoms with E-state index >= 15 is 4.39 Å². The molecular formula is C24H14ClF5N4O3. The Labute approximate surface area is 209 Å². The molecule has 0 bridgehead atoms. The van der Waals surface area contributed by atoms with Gasteiger partial charge >= 0.3 is 6.18 Å². The van der Waals surface area contributed by atoms with E-state index in [0.717, 1.165) is 18.2 Å². The second-order valence-electron chi connectivity index (χ2n) is 8.41. The standard InChI is InChI=1S/C24H14ClF5N4O3/c1-34-20-9(8-32-34)4-12(17-13(21(31)35)5-10(6-16(17)27)24(28,29)30)19-18(20)22(36)33-23(19,37)14-7-11(26)2-3-15(14)25/h2-8,37H,1H3,(H2,31,35)(H,33,36). The summed E-state index contributed by atoms with van der Waals surface area (Å²) >= 11 is 6.22. The molecule has 1 unspecified atom stereocenters. The number of benzene rings is 3. The van der Waals surface area contributed by atoms with Gasteiger partial charge in [-0.05, 0) is 42.0 Å². The zero-order valence-corrected chi connectivity index (χ0v) is 19.3. The van der Waals surface area contributed by atoms with Crippen LogP contribution in [0.4, 0.5) is 22.0 Å². The number of hydrogen-bond donors (Lipinski definition) is 3. The third kappa shape index (κ3) is 3.63. The SMILES string of the molecule is Cn1ncc2cc(-c3c(F)cc(C(F)(F)F)cc3C(N)=O)c3c(c21)C(=O)NC3(O)c1cc(F)ccc1Cl. The number of aryl methyl sites for hydroxylation is 1. The zero-order chi connectivity index (χ0) is 27.0. The van der Waals surface area contributed by atoms with Crippen LogP contribution in [0.2, 0.25) is 5.02 Å². The van der Waals surface area contributed by atoms with E-state index in [1.54, 1.807) is 0 Å². The molecule has 1 atom stereocenters. The summed E-state index contributed by atoms with van der Waals surface area (Å²) in [6.07, 6.45) is -3.71. The average molecular weight is 537 g/mol. The van der Waals surface area contributed by atoms with Crippen LogP contribution in [0.5, 0.6) is 0 Å². The molecule has 0 saturated carbocycles. The minimum atomic E-state index is -5.01. The number of carbonyl (C=O) groups excluding carboxylic acids is 2. The van der Waals surface area contributed by atoms with Gasteiger partial charge in [-0.25, -0.2) is 8.78 Å². The first-order valence-electron chi connectivity index (χ1n) is 10.4. The van der Waals surface area contributed by atoms with Crippen molar-refractivity contribution in [1.82, 2.24) is 15.1 Å². The predicted molar refractivity (Wildman–Crippen MR) is 122 cm³/mol. The number of rotatable bonds is 3. The van der Waals surface area contributed by atoms with E-state index in [1.807, 2.05) is 0 Å². The van der Waals surface area contributed by atoms with Crippen LogP contribution in [-0.4, -0.2) is 26.7 Å². The molecule has 0 aliphatic carbocycles. The molecule has 1 aromatic heterocycles. The number of nitrogens with two attached hydrogens (primary N) is 1. The van der Waals surface area contributed by atoms with Crippen molar-refractivity contribution in [3.05, 3.63) is 87.1 Å². The molecule has 3 aromatic carbocycles. The predicted octanol–water partition coefficient (Wildman–Crippen LogP) is 4.23. The third-order valence-corrected chi connectivity index (χ3v) is 6.51. The fraction of sp³-hybridized carbons (Fsp3) is 0.125. The van der Waals surface area contributed by atoms with E-state index in [2.05, 4.69) is 10.4 Å². The first kappa shape index (κ1) is 24.7. The number of alkyl halides is 3. The summed E-state index contributed by atoms with van der Waals surface area (Å²) in [5.41, 5.74) is -1.39. The highest BCUT2D eigenvalue weighted by molar-refractivity contribution is 6.31. The molecule has 5 rings (SSSR count). The van der Waals surface area contributed by atoms with Crippen molar-refractivity contribution in [2.75, 3.05) is 0 Å². The molecular weight excluding hydrogens is 523 g/mol. The van der Waals surface area contributed by atoms with E-state index in [4.69, 9.17) is 17.3 Å². The van der Waals surface area contributed by atoms with Crippen molar-refractivity contribution in [3.63, 3.8) is 0 Å². The van der Waals surface area contributed by atoms with Gasteiger partial charge < -0.3 is 16.2 Å². The number of hydrogen-bond acceptors (Lipinski definition) is 4. The highest BCUT2D eigenvalue weighted by Crippen LogP contribution is 2.48. The van der Waals surface area contributed by atoms with Gasteiger partial charge in [0.1, 0.15) is 11.6 Å². The van der Waals surface area contributed by atoms with Crippen molar-refractivity contribution >= 4 is 34.3 Å². The van der Waals surface area contributed by atoms with Crippen LogP contribution < -0.4 is 11.1 Å². The second kappa shape index (κ2) is 7.98. The molecule has 1 aliphatic rings. The van der Waals surface area contributed by atoms with E-state index < -0.39 is 52.0 Å². The lowest BCUT2D eigenvalue weighted by Gasteiger charge is -2.28. The first-order chi connectivity index (χ1) is 17.2. The van der Waals surface area contributed by atoms with Gasteiger partial charge in [0.2, 0.25) is 5.91 Å². The van der Waals surface area contributed by atoms with E-state index in [-0.39, 0.29) is 44.2 Å². The van der Waals surface area contributed by atoms with E-state index in [9.17, 15) is 32.3 Å². The molecule has 0 spiro atoms. The van der Waals surface area contributed by atoms with Crippen molar-refractivity contribution in [1.29, 1.82) is 0 Å². The molecule has 0 radical (unpaired) electrons. The quantitative estimate of drug-likeness (QED) is 0.340. The lowest BCUT2D eigenvalue weighted by atomic mass is 9.84. The van der Waals surface area contributed by atoms with E-state index in [0.29, 0.717) is 6.07 Å². The number of nitrogens with zero attached hydrogens (tertiary/aromatic N) is 2. The Morgan fingerprint density at radius 3 is 2.51 bits per heavy atom. The maximum atomic E-state index is 15.5. The van der Waals surface area contributed by atoms with Crippen LogP contribution in [0.25, 0.3) is 22.0 Å². The van der Waals surface area contributed by atoms with Gasteiger partial charge in [-0.15, -0.1) is 0 Å². The number of fused-ring (bicyclic) bond motifs is 3. The topological polar surface area (TPSA) is 110 Å². The van der Waals surface area contributed by atoms with Crippen LogP contribution in [-0.2, 0) is 18.9 Å². The summed E-state index contributed by atoms with van der Waals surface area (Å²) in [5, 5.41) is 18.2. The number of primary amides is 1. The maximum absolute atomic E-state index is 15.5. The van der Waals surface area contributed by atoms with Gasteiger partial charge in [0.15, 0.2) is 5.72 Å². The van der Waals surface area contributed by atoms with Crippen LogP contribution in [0, 0.1) is 11.6 Å². The summed E-state index contributed by atoms with van der Waals surface area (Å²) in [5.74, 6) is -4.62. The number of carbonyl (C=O) groups is 2. The summed E-state index contributed by atoms with van der Waals surface area (Å²) in [6, 6.07) is 4.73. The molecule has 13 heteroatoms. The number of aromatic nitrogens is 2. The molecule has 4 aromatic rings. The Kier molecular flexibility index (Phi) is 5.32. The van der Waals surface area contributed by atoms with Crippen LogP contribution >= 0.6 is 11.6 Å². The lowest BCUT2D eigenvalue weighted by molar-refractivity contribution is -0.137. The van der Waals surface area contributed by atoms with Gasteiger partial charge in [0, 0.05) is 34.1 Å². The monoisotopic (exact) mass is 536 g/mol. The smallest absolute Gasteiger partial charge is 0.366 e. The van der Waals surface area contributed by atoms with Crippen molar-refractivity contribution in [2.24, 2.45) is 12.8 Å². The molecule has 2 heterocycles. The Hall–Kier alpha value is -4.03. The van der Waals surface area contributed by atoms with Crippen molar-refractivity contribution in [2.45, 2.75) is 11.9 Å². The minimum Gasteiger partial charge on any atom is -0.366 e. The molecule has 4 N–H and O–H groups in total. The van der Waals surface area contributed by atoms with Gasteiger partial charge in [-0.1, -0.05) is 11.6 Å². The van der Waals surface area contributed by atoms with Crippen LogP contribution in [0.3, 0.4) is 0 Å². The van der Waals surface area contributed by atoms with Gasteiger partial charge in [-0.3, -0.25) is 14.3 Å². The highest BCUT2D eigenvalue weighted by Gasteiger charge is 2.48. The summed E-state index contributed by atoms with van der Waals surface area (Å²) < 4.78 is 71.1. The molecule has 2 amide bonds. The van der Waals surface area contributed by atoms with Crippen LogP contribution in [0.1, 0.15) is 37.4 Å². The fourth-order valence-corrected chi connectivity index (χ4v) is 4.90. The highest BCUT2D eigenvalue weighted by atomic mass is 35.5. The lowest BCUT2D eigenvalue weighted by Crippen LogP contribution is -2.41. The van der Waals surface area contributed by atoms with Gasteiger partial charge in [0.25, 0.3) is 5.91 Å². The Morgan fingerprint density at radius 2 is 1.86 bits per heavy atom. The van der Waals surface area contributed by atoms with Crippen LogP contribution in [0.15, 0.2) is 42.6 Å². The van der Waals surface area contributed by atoms with E-state index in [1.165, 1.54) is 24.0 Å². The van der Waals surface area contributed by atoms with Gasteiger partial charge in [0.05, 0.1) is 28.4 Å². The minimum absolute atomic E-state index is 0.167. The molecule has 0 fully saturated rings. The summed E-state index contributed by atoms with van der Waals surface area (Å²) in [4.78, 5) is 25.4. The van der Waals surface area contributed by atoms with Gasteiger partial charge in [-0.2, -0.15) is 18.3 Å². The zero-order valence-electron chi connectivity index (χ0n) is 18.5. The Bertz CT molecular complexity index is 1670. The number of nitrogens with one attached hydrogen (secondary N) is 1. The molecule has 1 aliphatic heterocycles. The fourth-order valence-electron chi connectivity index (χ4n) is 4.65. The average Bonchev–Trinajstić information content (AvgIpc) is 3.30. The molecule has 7 nitrogen and oxygen atoms in total. The Morgan fingerprint density at radius 1 is 1.16 bits per heavy atom. The Balaban J connectivity index is 1.96. The maximum Gasteiger partial charge on any atom is 0.416 e. The summed E-state index contributed by atoms with van der Waals surface area (Å²) in [6.45, 7) is 0. The number of aliphatic hydroxyl groups is 1. The number of amides is 2. The van der Waals surface area contributed by atoms with Crippen molar-refractivity contribution in [3.8, 4) is 11.1 Å². The first-order valence-corrected chi connectivity index (χ1v) is 10.8. The normalized spacial score (nSPS) is 17.2. The second-order valence-corrected chi connectivity index (χ2v) is 8.82. The molecule has 190 valence electrons. The largest absolute Gasteiger partial charge is 0.416 e. The summed E-state index contributed by atoms with van der Waals surface area (Å²) in [7, 11) is 1.48. The number of halogens is 6. The molecule has 0 saturated heterocycles. The third-order valence-electron chi connectivity index (χ3n) is 6.18. The molecule has 37 heavy (non-hydrogen) atoms. The van der Waals surface area contributed by atoms with Crippen molar-refractivity contribution < 1.29 is 36.6 Å².